The van der Waals surface area contributed by atoms with Gasteiger partial charge < -0.3 is 10.2 Å². The van der Waals surface area contributed by atoms with Crippen LogP contribution in [0, 0.1) is 0 Å². The first-order chi connectivity index (χ1) is 7.30. The van der Waals surface area contributed by atoms with Gasteiger partial charge in [0.05, 0.1) is 0 Å². The molecule has 0 aromatic rings. The van der Waals surface area contributed by atoms with E-state index in [2.05, 4.69) is 13.8 Å². The maximum Gasteiger partial charge on any atom is 0.490 e. The van der Waals surface area contributed by atoms with Crippen molar-refractivity contribution in [1.29, 1.82) is 0 Å². The first-order valence-corrected chi connectivity index (χ1v) is 3.90. The lowest BCUT2D eigenvalue weighted by Gasteiger charge is -1.93. The molecule has 0 aromatic heterocycles. The molecule has 0 fully saturated rings. The Hall–Kier alpha value is -1.48. The van der Waals surface area contributed by atoms with E-state index in [9.17, 15) is 26.3 Å². The van der Waals surface area contributed by atoms with Crippen molar-refractivity contribution in [1.82, 2.24) is 0 Å². The molecule has 0 amide bonds. The third kappa shape index (κ3) is 20.6. The van der Waals surface area contributed by atoms with E-state index in [4.69, 9.17) is 19.8 Å². The van der Waals surface area contributed by atoms with Crippen LogP contribution in [0.1, 0.15) is 20.3 Å². The first-order valence-electron chi connectivity index (χ1n) is 3.90. The smallest absolute Gasteiger partial charge is 0.475 e. The summed E-state index contributed by atoms with van der Waals surface area (Å²) >= 11 is 0. The number of aliphatic carboxylic acids is 2. The van der Waals surface area contributed by atoms with Gasteiger partial charge in [-0.2, -0.15) is 26.3 Å². The second-order valence-corrected chi connectivity index (χ2v) is 2.31. The molecular formula is C7H10F6O4. The van der Waals surface area contributed by atoms with Crippen LogP contribution in [0.3, 0.4) is 0 Å². The van der Waals surface area contributed by atoms with Crippen LogP contribution in [-0.2, 0) is 9.59 Å². The third-order valence-electron chi connectivity index (χ3n) is 0.485. The van der Waals surface area contributed by atoms with Crippen LogP contribution in [-0.4, -0.2) is 34.5 Å². The molecular weight excluding hydrogens is 262 g/mol. The number of hydrogen-bond acceptors (Lipinski definition) is 2. The van der Waals surface area contributed by atoms with Crippen LogP contribution in [0.2, 0.25) is 0 Å². The van der Waals surface area contributed by atoms with Crippen LogP contribution in [0.4, 0.5) is 26.3 Å². The highest BCUT2D eigenvalue weighted by Crippen LogP contribution is 2.13. The molecule has 0 atom stereocenters. The van der Waals surface area contributed by atoms with Crippen molar-refractivity contribution in [3.05, 3.63) is 0 Å². The van der Waals surface area contributed by atoms with E-state index in [1.165, 1.54) is 6.42 Å². The summed E-state index contributed by atoms with van der Waals surface area (Å²) in [6.45, 7) is 4.25. The number of carbonyl (C=O) groups is 2. The van der Waals surface area contributed by atoms with E-state index in [0.717, 1.165) is 0 Å². The van der Waals surface area contributed by atoms with Crippen LogP contribution >= 0.6 is 0 Å². The molecule has 0 rings (SSSR count). The maximum absolute atomic E-state index is 10.6. The van der Waals surface area contributed by atoms with Crippen LogP contribution < -0.4 is 0 Å². The average molecular weight is 272 g/mol. The van der Waals surface area contributed by atoms with Gasteiger partial charge in [0.15, 0.2) is 0 Å². The van der Waals surface area contributed by atoms with Gasteiger partial charge in [-0.3, -0.25) is 0 Å². The summed E-state index contributed by atoms with van der Waals surface area (Å²) in [6.07, 6.45) is -8.92. The second-order valence-electron chi connectivity index (χ2n) is 2.31. The second kappa shape index (κ2) is 8.65. The lowest BCUT2D eigenvalue weighted by Crippen LogP contribution is -2.21. The summed E-state index contributed by atoms with van der Waals surface area (Å²) in [7, 11) is 0. The Morgan fingerprint density at radius 3 is 0.882 bits per heavy atom. The number of halogens is 6. The SMILES string of the molecule is CCC.O=C(O)C(F)(F)F.O=C(O)C(F)(F)F. The molecule has 0 heterocycles. The summed E-state index contributed by atoms with van der Waals surface area (Å²) in [5, 5.41) is 14.2. The molecule has 104 valence electrons. The molecule has 17 heavy (non-hydrogen) atoms. The zero-order chi connectivity index (χ0) is 14.9. The zero-order valence-electron chi connectivity index (χ0n) is 8.69. The largest absolute Gasteiger partial charge is 0.490 e. The molecule has 0 aliphatic rings. The lowest BCUT2D eigenvalue weighted by atomic mass is 10.6. The van der Waals surface area contributed by atoms with Crippen LogP contribution in [0.25, 0.3) is 0 Å². The molecule has 2 N–H and O–H groups in total. The Labute approximate surface area is 91.8 Å². The number of rotatable bonds is 0. The molecule has 10 heteroatoms. The molecule has 0 aliphatic carbocycles. The Balaban J connectivity index is -0.000000188. The van der Waals surface area contributed by atoms with Crippen molar-refractivity contribution in [2.75, 3.05) is 0 Å². The Morgan fingerprint density at radius 1 is 0.824 bits per heavy atom. The fourth-order valence-corrected chi connectivity index (χ4v) is 0. The van der Waals surface area contributed by atoms with Gasteiger partial charge in [0.1, 0.15) is 0 Å². The topological polar surface area (TPSA) is 74.6 Å². The zero-order valence-corrected chi connectivity index (χ0v) is 8.69. The van der Waals surface area contributed by atoms with E-state index in [1.807, 2.05) is 0 Å². The van der Waals surface area contributed by atoms with Crippen molar-refractivity contribution in [2.24, 2.45) is 0 Å². The summed E-state index contributed by atoms with van der Waals surface area (Å²) in [6, 6.07) is 0. The normalized spacial score (nSPS) is 10.4. The van der Waals surface area contributed by atoms with E-state index in [1.54, 1.807) is 0 Å². The van der Waals surface area contributed by atoms with Crippen LogP contribution in [0.5, 0.6) is 0 Å². The quantitative estimate of drug-likeness (QED) is 0.665. The summed E-state index contributed by atoms with van der Waals surface area (Å²) in [5.41, 5.74) is 0. The van der Waals surface area contributed by atoms with Crippen molar-refractivity contribution in [2.45, 2.75) is 32.6 Å². The number of carboxylic acids is 2. The summed E-state index contributed by atoms with van der Waals surface area (Å²) < 4.78 is 63.5. The van der Waals surface area contributed by atoms with Crippen LogP contribution in [0.15, 0.2) is 0 Å². The highest BCUT2D eigenvalue weighted by Gasteiger charge is 2.38. The minimum absolute atomic E-state index is 1.25. The van der Waals surface area contributed by atoms with Gasteiger partial charge in [0.25, 0.3) is 0 Å². The van der Waals surface area contributed by atoms with E-state index in [0.29, 0.717) is 0 Å². The molecule has 0 unspecified atom stereocenters. The minimum atomic E-state index is -5.08. The van der Waals surface area contributed by atoms with Crippen molar-refractivity contribution >= 4 is 11.9 Å². The molecule has 4 nitrogen and oxygen atoms in total. The fourth-order valence-electron chi connectivity index (χ4n) is 0. The lowest BCUT2D eigenvalue weighted by molar-refractivity contribution is -0.193. The van der Waals surface area contributed by atoms with Gasteiger partial charge in [-0.25, -0.2) is 9.59 Å². The standard InChI is InChI=1S/C3H8.2C2HF3O2/c1-3-2;2*3-2(4,5)1(6)7/h3H2,1-2H3;2*(H,6,7). The predicted molar refractivity (Wildman–Crippen MR) is 43.3 cm³/mol. The molecule has 0 saturated heterocycles. The summed E-state index contributed by atoms with van der Waals surface area (Å²) in [4.78, 5) is 17.8. The summed E-state index contributed by atoms with van der Waals surface area (Å²) in [5.74, 6) is -5.51. The highest BCUT2D eigenvalue weighted by molar-refractivity contribution is 5.73. The molecule has 0 saturated carbocycles. The monoisotopic (exact) mass is 272 g/mol. The highest BCUT2D eigenvalue weighted by atomic mass is 19.4. The van der Waals surface area contributed by atoms with E-state index >= 15 is 0 Å². The molecule has 0 radical (unpaired) electrons. The average Bonchev–Trinajstić information content (AvgIpc) is 2.02. The Morgan fingerprint density at radius 2 is 0.882 bits per heavy atom. The van der Waals surface area contributed by atoms with E-state index < -0.39 is 24.3 Å². The Bertz CT molecular complexity index is 207. The third-order valence-corrected chi connectivity index (χ3v) is 0.485. The number of alkyl halides is 6. The van der Waals surface area contributed by atoms with Gasteiger partial charge in [-0.05, 0) is 0 Å². The maximum atomic E-state index is 10.6. The number of carboxylic acid groups (broad SMARTS) is 2. The van der Waals surface area contributed by atoms with Gasteiger partial charge in [-0.15, -0.1) is 0 Å². The van der Waals surface area contributed by atoms with Gasteiger partial charge in [0, 0.05) is 0 Å². The predicted octanol–water partition coefficient (Wildman–Crippen LogP) is 2.68. The van der Waals surface area contributed by atoms with Gasteiger partial charge in [-0.1, -0.05) is 20.3 Å². The molecule has 0 aliphatic heterocycles. The van der Waals surface area contributed by atoms with E-state index in [-0.39, 0.29) is 0 Å². The van der Waals surface area contributed by atoms with Crippen molar-refractivity contribution < 1.29 is 46.1 Å². The van der Waals surface area contributed by atoms with Gasteiger partial charge >= 0.3 is 24.3 Å². The molecule has 0 bridgehead atoms. The van der Waals surface area contributed by atoms with Crippen molar-refractivity contribution in [3.63, 3.8) is 0 Å². The minimum Gasteiger partial charge on any atom is -0.475 e. The Kier molecular flexibility index (Phi) is 10.6. The fraction of sp³-hybridized carbons (Fsp3) is 0.714. The molecule has 0 aromatic carbocycles. The number of hydrogen-bond donors (Lipinski definition) is 2. The van der Waals surface area contributed by atoms with Crippen molar-refractivity contribution in [3.8, 4) is 0 Å². The van der Waals surface area contributed by atoms with Gasteiger partial charge in [0.2, 0.25) is 0 Å². The molecule has 0 spiro atoms. The first kappa shape index (κ1) is 20.9.